The van der Waals surface area contributed by atoms with E-state index in [-0.39, 0.29) is 0 Å². The maximum absolute atomic E-state index is 11.0. The third-order valence-corrected chi connectivity index (χ3v) is 3.36. The van der Waals surface area contributed by atoms with E-state index in [1.165, 1.54) is 0 Å². The Kier molecular flexibility index (Phi) is 4.37. The molecule has 0 amide bonds. The van der Waals surface area contributed by atoms with Crippen molar-refractivity contribution >= 4 is 22.2 Å². The number of hydrogen-bond acceptors (Lipinski definition) is 3. The number of rotatable bonds is 5. The summed E-state index contributed by atoms with van der Waals surface area (Å²) in [6.45, 7) is 2.46. The van der Waals surface area contributed by atoms with Crippen LogP contribution in [-0.4, -0.2) is 16.1 Å². The lowest BCUT2D eigenvalue weighted by atomic mass is 10.2. The first-order chi connectivity index (χ1) is 9.13. The van der Waals surface area contributed by atoms with Crippen LogP contribution in [0.2, 0.25) is 0 Å². The monoisotopic (exact) mass is 322 g/mol. The summed E-state index contributed by atoms with van der Waals surface area (Å²) < 4.78 is 8.36. The van der Waals surface area contributed by atoms with E-state index in [4.69, 9.17) is 4.74 Å². The first-order valence-electron chi connectivity index (χ1n) is 6.03. The normalized spacial score (nSPS) is 10.5. The van der Waals surface area contributed by atoms with Crippen LogP contribution in [0.4, 0.5) is 0 Å². The summed E-state index contributed by atoms with van der Waals surface area (Å²) >= 11 is 3.33. The fourth-order valence-corrected chi connectivity index (χ4v) is 2.15. The van der Waals surface area contributed by atoms with E-state index >= 15 is 0 Å². The van der Waals surface area contributed by atoms with Crippen LogP contribution in [0.1, 0.15) is 28.7 Å². The number of carbonyl (C=O) groups excluding carboxylic acids is 1. The molecule has 19 heavy (non-hydrogen) atoms. The van der Waals surface area contributed by atoms with Crippen molar-refractivity contribution in [1.29, 1.82) is 0 Å². The van der Waals surface area contributed by atoms with Gasteiger partial charge in [-0.15, -0.1) is 0 Å². The fourth-order valence-electron chi connectivity index (χ4n) is 1.77. The molecule has 0 radical (unpaired) electrons. The molecule has 0 spiro atoms. The van der Waals surface area contributed by atoms with Crippen molar-refractivity contribution in [2.45, 2.75) is 20.0 Å². The van der Waals surface area contributed by atoms with E-state index in [0.717, 1.165) is 28.6 Å². The van der Waals surface area contributed by atoms with Crippen LogP contribution in [0.15, 0.2) is 28.7 Å². The predicted molar refractivity (Wildman–Crippen MR) is 76.4 cm³/mol. The number of benzene rings is 1. The molecule has 0 aliphatic heterocycles. The number of carbonyl (C=O) groups is 1. The molecule has 2 aromatic rings. The van der Waals surface area contributed by atoms with Crippen molar-refractivity contribution < 1.29 is 9.53 Å². The average Bonchev–Trinajstić information content (AvgIpc) is 2.78. The summed E-state index contributed by atoms with van der Waals surface area (Å²) in [7, 11) is 1.89. The van der Waals surface area contributed by atoms with Gasteiger partial charge in [0.15, 0.2) is 6.29 Å². The second kappa shape index (κ2) is 6.02. The van der Waals surface area contributed by atoms with Gasteiger partial charge in [0.2, 0.25) is 0 Å². The molecule has 100 valence electrons. The molecule has 2 rings (SSSR count). The third kappa shape index (κ3) is 3.23. The SMILES string of the molecule is CCc1cc(COc2ccc(Br)cc2C=O)n(C)n1. The van der Waals surface area contributed by atoms with Crippen LogP contribution in [-0.2, 0) is 20.1 Å². The van der Waals surface area contributed by atoms with Crippen LogP contribution in [0.3, 0.4) is 0 Å². The van der Waals surface area contributed by atoms with Crippen molar-refractivity contribution in [3.8, 4) is 5.75 Å². The standard InChI is InChI=1S/C14H15BrN2O2/c1-3-12-7-13(17(2)16-12)9-19-14-5-4-11(15)6-10(14)8-18/h4-8H,3,9H2,1-2H3. The Morgan fingerprint density at radius 2 is 2.21 bits per heavy atom. The lowest BCUT2D eigenvalue weighted by Gasteiger charge is -2.08. The molecule has 0 fully saturated rings. The number of aldehydes is 1. The van der Waals surface area contributed by atoms with Gasteiger partial charge in [-0.2, -0.15) is 5.10 Å². The minimum absolute atomic E-state index is 0.395. The van der Waals surface area contributed by atoms with E-state index in [1.807, 2.05) is 19.2 Å². The van der Waals surface area contributed by atoms with Crippen LogP contribution in [0.25, 0.3) is 0 Å². The van der Waals surface area contributed by atoms with Crippen molar-refractivity contribution in [3.05, 3.63) is 45.7 Å². The Balaban J connectivity index is 2.13. The van der Waals surface area contributed by atoms with Gasteiger partial charge in [0.25, 0.3) is 0 Å². The van der Waals surface area contributed by atoms with Gasteiger partial charge in [0.1, 0.15) is 12.4 Å². The van der Waals surface area contributed by atoms with Crippen LogP contribution >= 0.6 is 15.9 Å². The first-order valence-corrected chi connectivity index (χ1v) is 6.82. The van der Waals surface area contributed by atoms with Crippen LogP contribution in [0.5, 0.6) is 5.75 Å². The van der Waals surface area contributed by atoms with Gasteiger partial charge in [-0.1, -0.05) is 22.9 Å². The van der Waals surface area contributed by atoms with Gasteiger partial charge in [-0.25, -0.2) is 0 Å². The molecule has 1 aromatic carbocycles. The number of nitrogens with zero attached hydrogens (tertiary/aromatic N) is 2. The molecule has 0 saturated carbocycles. The van der Waals surface area contributed by atoms with E-state index in [2.05, 4.69) is 28.0 Å². The molecule has 0 atom stereocenters. The lowest BCUT2D eigenvalue weighted by Crippen LogP contribution is -2.04. The first kappa shape index (κ1) is 13.8. The Morgan fingerprint density at radius 1 is 1.42 bits per heavy atom. The number of hydrogen-bond donors (Lipinski definition) is 0. The van der Waals surface area contributed by atoms with Crippen LogP contribution in [0, 0.1) is 0 Å². The molecule has 0 unspecified atom stereocenters. The zero-order chi connectivity index (χ0) is 13.8. The van der Waals surface area contributed by atoms with Gasteiger partial charge in [-0.05, 0) is 30.7 Å². The molecule has 1 heterocycles. The molecule has 0 bridgehead atoms. The smallest absolute Gasteiger partial charge is 0.153 e. The number of aryl methyl sites for hydroxylation is 2. The maximum atomic E-state index is 11.0. The topological polar surface area (TPSA) is 44.1 Å². The Hall–Kier alpha value is -1.62. The minimum atomic E-state index is 0.395. The quantitative estimate of drug-likeness (QED) is 0.794. The molecule has 1 aromatic heterocycles. The number of ether oxygens (including phenoxy) is 1. The summed E-state index contributed by atoms with van der Waals surface area (Å²) in [6.07, 6.45) is 1.69. The molecule has 4 nitrogen and oxygen atoms in total. The van der Waals surface area contributed by atoms with E-state index in [0.29, 0.717) is 17.9 Å². The highest BCUT2D eigenvalue weighted by atomic mass is 79.9. The Labute approximate surface area is 120 Å². The lowest BCUT2D eigenvalue weighted by molar-refractivity contribution is 0.111. The van der Waals surface area contributed by atoms with E-state index in [1.54, 1.807) is 16.8 Å². The number of halogens is 1. The van der Waals surface area contributed by atoms with E-state index in [9.17, 15) is 4.79 Å². The van der Waals surface area contributed by atoms with Gasteiger partial charge in [0.05, 0.1) is 17.0 Å². The summed E-state index contributed by atoms with van der Waals surface area (Å²) in [5.74, 6) is 0.581. The molecule has 5 heteroatoms. The molecule has 0 N–H and O–H groups in total. The van der Waals surface area contributed by atoms with Crippen molar-refractivity contribution in [2.75, 3.05) is 0 Å². The second-order valence-corrected chi connectivity index (χ2v) is 5.11. The van der Waals surface area contributed by atoms with Gasteiger partial charge < -0.3 is 4.74 Å². The van der Waals surface area contributed by atoms with Gasteiger partial charge >= 0.3 is 0 Å². The largest absolute Gasteiger partial charge is 0.487 e. The summed E-state index contributed by atoms with van der Waals surface area (Å²) in [5.41, 5.74) is 2.55. The second-order valence-electron chi connectivity index (χ2n) is 4.19. The van der Waals surface area contributed by atoms with Crippen LogP contribution < -0.4 is 4.74 Å². The molecule has 0 aliphatic rings. The summed E-state index contributed by atoms with van der Waals surface area (Å²) in [5, 5.41) is 4.36. The van der Waals surface area contributed by atoms with Crippen molar-refractivity contribution in [1.82, 2.24) is 9.78 Å². The molecular formula is C14H15BrN2O2. The van der Waals surface area contributed by atoms with Gasteiger partial charge in [-0.3, -0.25) is 9.48 Å². The zero-order valence-corrected chi connectivity index (χ0v) is 12.5. The highest BCUT2D eigenvalue weighted by Crippen LogP contribution is 2.22. The number of aromatic nitrogens is 2. The highest BCUT2D eigenvalue weighted by Gasteiger charge is 2.07. The van der Waals surface area contributed by atoms with E-state index < -0.39 is 0 Å². The molecule has 0 saturated heterocycles. The predicted octanol–water partition coefficient (Wildman–Crippen LogP) is 3.14. The maximum Gasteiger partial charge on any atom is 0.153 e. The Bertz CT molecular complexity index is 593. The highest BCUT2D eigenvalue weighted by molar-refractivity contribution is 9.10. The summed E-state index contributed by atoms with van der Waals surface area (Å²) in [4.78, 5) is 11.0. The average molecular weight is 323 g/mol. The third-order valence-electron chi connectivity index (χ3n) is 2.86. The minimum Gasteiger partial charge on any atom is -0.487 e. The molecule has 0 aliphatic carbocycles. The fraction of sp³-hybridized carbons (Fsp3) is 0.286. The Morgan fingerprint density at radius 3 is 2.84 bits per heavy atom. The van der Waals surface area contributed by atoms with Crippen molar-refractivity contribution in [2.24, 2.45) is 7.05 Å². The molecular weight excluding hydrogens is 308 g/mol. The zero-order valence-electron chi connectivity index (χ0n) is 10.9. The van der Waals surface area contributed by atoms with Crippen molar-refractivity contribution in [3.63, 3.8) is 0 Å². The summed E-state index contributed by atoms with van der Waals surface area (Å²) in [6, 6.07) is 7.39. The van der Waals surface area contributed by atoms with Gasteiger partial charge in [0, 0.05) is 11.5 Å².